The highest BCUT2D eigenvalue weighted by Gasteiger charge is 2.23. The monoisotopic (exact) mass is 282 g/mol. The van der Waals surface area contributed by atoms with Crippen LogP contribution in [0.1, 0.15) is 38.2 Å². The zero-order valence-corrected chi connectivity index (χ0v) is 11.5. The number of fused-ring (bicyclic) bond motifs is 1. The van der Waals surface area contributed by atoms with E-state index in [1.54, 1.807) is 0 Å². The molecule has 0 spiro atoms. The third-order valence-corrected chi connectivity index (χ3v) is 4.43. The Hall–Kier alpha value is -0.500. The molecule has 3 unspecified atom stereocenters. The van der Waals surface area contributed by atoms with Gasteiger partial charge in [0.05, 0.1) is 6.61 Å². The lowest BCUT2D eigenvalue weighted by Crippen LogP contribution is -2.18. The lowest BCUT2D eigenvalue weighted by molar-refractivity contribution is 0.254. The molecule has 2 rings (SSSR count). The van der Waals surface area contributed by atoms with Crippen LogP contribution in [0.3, 0.4) is 0 Å². The average Bonchev–Trinajstić information content (AvgIpc) is 2.29. The van der Waals surface area contributed by atoms with E-state index in [4.69, 9.17) is 4.74 Å². The molecule has 0 bridgehead atoms. The van der Waals surface area contributed by atoms with Crippen LogP contribution in [-0.2, 0) is 0 Å². The number of alkyl halides is 1. The molecule has 88 valence electrons. The maximum Gasteiger partial charge on any atom is 0.122 e. The van der Waals surface area contributed by atoms with Crippen LogP contribution in [0.15, 0.2) is 24.3 Å². The summed E-state index contributed by atoms with van der Waals surface area (Å²) in [5.74, 6) is 2.46. The molecule has 0 N–H and O–H groups in total. The van der Waals surface area contributed by atoms with Crippen molar-refractivity contribution in [2.45, 2.75) is 37.4 Å². The number of hydrogen-bond acceptors (Lipinski definition) is 1. The van der Waals surface area contributed by atoms with E-state index in [1.165, 1.54) is 12.0 Å². The highest BCUT2D eigenvalue weighted by molar-refractivity contribution is 9.09. The molecule has 1 heterocycles. The van der Waals surface area contributed by atoms with Gasteiger partial charge in [0.2, 0.25) is 0 Å². The van der Waals surface area contributed by atoms with Gasteiger partial charge >= 0.3 is 0 Å². The lowest BCUT2D eigenvalue weighted by Gasteiger charge is -2.28. The van der Waals surface area contributed by atoms with E-state index in [2.05, 4.69) is 54.0 Å². The molecule has 16 heavy (non-hydrogen) atoms. The van der Waals surface area contributed by atoms with Crippen LogP contribution in [-0.4, -0.2) is 11.4 Å². The summed E-state index contributed by atoms with van der Waals surface area (Å²) >= 11 is 3.68. The largest absolute Gasteiger partial charge is 0.493 e. The van der Waals surface area contributed by atoms with Gasteiger partial charge in [-0.05, 0) is 36.3 Å². The molecule has 0 aromatic heterocycles. The minimum absolute atomic E-state index is 0.586. The highest BCUT2D eigenvalue weighted by atomic mass is 79.9. The fraction of sp³-hybridized carbons (Fsp3) is 0.571. The van der Waals surface area contributed by atoms with E-state index in [-0.39, 0.29) is 0 Å². The highest BCUT2D eigenvalue weighted by Crippen LogP contribution is 2.38. The number of halogens is 1. The molecule has 1 aromatic carbocycles. The maximum absolute atomic E-state index is 5.68. The predicted octanol–water partition coefficient (Wildman–Crippen LogP) is 4.36. The normalized spacial score (nSPS) is 23.1. The van der Waals surface area contributed by atoms with Crippen molar-refractivity contribution in [3.05, 3.63) is 29.8 Å². The van der Waals surface area contributed by atoms with Gasteiger partial charge in [0.1, 0.15) is 5.75 Å². The Morgan fingerprint density at radius 3 is 2.88 bits per heavy atom. The van der Waals surface area contributed by atoms with Gasteiger partial charge in [0.15, 0.2) is 0 Å². The first-order valence-corrected chi connectivity index (χ1v) is 6.96. The minimum Gasteiger partial charge on any atom is -0.493 e. The molecule has 0 saturated heterocycles. The van der Waals surface area contributed by atoms with Gasteiger partial charge < -0.3 is 4.74 Å². The molecule has 1 nitrogen and oxygen atoms in total. The summed E-state index contributed by atoms with van der Waals surface area (Å²) in [6.07, 6.45) is 2.40. The van der Waals surface area contributed by atoms with Crippen LogP contribution in [0.2, 0.25) is 0 Å². The van der Waals surface area contributed by atoms with Crippen molar-refractivity contribution in [3.8, 4) is 5.75 Å². The van der Waals surface area contributed by atoms with Gasteiger partial charge in [0.25, 0.3) is 0 Å². The summed E-state index contributed by atoms with van der Waals surface area (Å²) in [5, 5.41) is 0. The number of para-hydroxylation sites is 1. The molecule has 1 aliphatic heterocycles. The molecule has 0 aliphatic carbocycles. The fourth-order valence-electron chi connectivity index (χ4n) is 2.30. The van der Waals surface area contributed by atoms with Crippen molar-refractivity contribution in [2.75, 3.05) is 6.61 Å². The summed E-state index contributed by atoms with van der Waals surface area (Å²) in [4.78, 5) is 0.586. The van der Waals surface area contributed by atoms with Gasteiger partial charge in [-0.15, -0.1) is 0 Å². The van der Waals surface area contributed by atoms with Crippen LogP contribution < -0.4 is 4.74 Å². The average molecular weight is 283 g/mol. The Morgan fingerprint density at radius 1 is 1.38 bits per heavy atom. The number of rotatable bonds is 3. The molecule has 1 aromatic rings. The number of benzene rings is 1. The molecule has 0 fully saturated rings. The summed E-state index contributed by atoms with van der Waals surface area (Å²) in [6.45, 7) is 5.42. The van der Waals surface area contributed by atoms with Gasteiger partial charge in [-0.1, -0.05) is 48.0 Å². The van der Waals surface area contributed by atoms with E-state index in [9.17, 15) is 0 Å². The second kappa shape index (κ2) is 5.22. The smallest absolute Gasteiger partial charge is 0.122 e. The Kier molecular flexibility index (Phi) is 3.91. The summed E-state index contributed by atoms with van der Waals surface area (Å²) in [5.41, 5.74) is 1.40. The molecule has 0 saturated carbocycles. The molecule has 3 atom stereocenters. The lowest BCUT2D eigenvalue weighted by atomic mass is 9.85. The minimum atomic E-state index is 0.586. The van der Waals surface area contributed by atoms with Crippen LogP contribution in [0.5, 0.6) is 5.75 Å². The Labute approximate surface area is 106 Å². The molecular weight excluding hydrogens is 264 g/mol. The van der Waals surface area contributed by atoms with Crippen molar-refractivity contribution in [3.63, 3.8) is 0 Å². The summed E-state index contributed by atoms with van der Waals surface area (Å²) < 4.78 is 5.68. The second-order valence-electron chi connectivity index (χ2n) is 4.76. The number of ether oxygens (including phenoxy) is 1. The van der Waals surface area contributed by atoms with E-state index in [1.807, 2.05) is 0 Å². The van der Waals surface area contributed by atoms with Crippen molar-refractivity contribution in [2.24, 2.45) is 5.92 Å². The van der Waals surface area contributed by atoms with Gasteiger partial charge in [-0.3, -0.25) is 0 Å². The van der Waals surface area contributed by atoms with Crippen LogP contribution in [0.25, 0.3) is 0 Å². The van der Waals surface area contributed by atoms with Gasteiger partial charge in [-0.2, -0.15) is 0 Å². The second-order valence-corrected chi connectivity index (χ2v) is 6.21. The Balaban J connectivity index is 2.13. The predicted molar refractivity (Wildman–Crippen MR) is 71.5 cm³/mol. The van der Waals surface area contributed by atoms with Gasteiger partial charge in [0, 0.05) is 4.83 Å². The first kappa shape index (κ1) is 12.0. The van der Waals surface area contributed by atoms with Crippen molar-refractivity contribution < 1.29 is 4.74 Å². The Bertz CT molecular complexity index is 348. The third kappa shape index (κ3) is 2.60. The molecular formula is C14H19BrO. The third-order valence-electron chi connectivity index (χ3n) is 3.52. The van der Waals surface area contributed by atoms with E-state index < -0.39 is 0 Å². The van der Waals surface area contributed by atoms with Gasteiger partial charge in [-0.25, -0.2) is 0 Å². The number of hydrogen-bond donors (Lipinski definition) is 0. The SMILES string of the molecule is CC(Br)C(C)CC1CCOc2ccccc21. The van der Waals surface area contributed by atoms with E-state index in [0.29, 0.717) is 16.7 Å². The van der Waals surface area contributed by atoms with Crippen LogP contribution >= 0.6 is 15.9 Å². The van der Waals surface area contributed by atoms with Crippen LogP contribution in [0.4, 0.5) is 0 Å². The quantitative estimate of drug-likeness (QED) is 0.749. The maximum atomic E-state index is 5.68. The van der Waals surface area contributed by atoms with E-state index in [0.717, 1.165) is 18.8 Å². The topological polar surface area (TPSA) is 9.23 Å². The zero-order chi connectivity index (χ0) is 11.5. The molecule has 1 aliphatic rings. The standard InChI is InChI=1S/C14H19BrO/c1-10(11(2)15)9-12-7-8-16-14-6-4-3-5-13(12)14/h3-6,10-12H,7-9H2,1-2H3. The first-order valence-electron chi connectivity index (χ1n) is 6.04. The first-order chi connectivity index (χ1) is 7.68. The van der Waals surface area contributed by atoms with E-state index >= 15 is 0 Å². The zero-order valence-electron chi connectivity index (χ0n) is 9.95. The molecule has 0 radical (unpaired) electrons. The summed E-state index contributed by atoms with van der Waals surface area (Å²) in [7, 11) is 0. The Morgan fingerprint density at radius 2 is 2.12 bits per heavy atom. The van der Waals surface area contributed by atoms with Crippen molar-refractivity contribution in [1.29, 1.82) is 0 Å². The van der Waals surface area contributed by atoms with Crippen molar-refractivity contribution >= 4 is 15.9 Å². The van der Waals surface area contributed by atoms with Crippen LogP contribution in [0, 0.1) is 5.92 Å². The fourth-order valence-corrected chi connectivity index (χ4v) is 2.51. The molecule has 0 amide bonds. The van der Waals surface area contributed by atoms with Crippen molar-refractivity contribution in [1.82, 2.24) is 0 Å². The molecule has 2 heteroatoms. The summed E-state index contributed by atoms with van der Waals surface area (Å²) in [6, 6.07) is 8.47.